The van der Waals surface area contributed by atoms with Gasteiger partial charge in [0.15, 0.2) is 0 Å². The lowest BCUT2D eigenvalue weighted by Crippen LogP contribution is -2.33. The van der Waals surface area contributed by atoms with Crippen LogP contribution in [0.5, 0.6) is 0 Å². The minimum Gasteiger partial charge on any atom is -0.387 e. The van der Waals surface area contributed by atoms with Crippen molar-refractivity contribution in [1.82, 2.24) is 5.32 Å². The second-order valence-electron chi connectivity index (χ2n) is 4.88. The van der Waals surface area contributed by atoms with Crippen LogP contribution in [0, 0.1) is 11.3 Å². The predicted octanol–water partition coefficient (Wildman–Crippen LogP) is 2.47. The van der Waals surface area contributed by atoms with E-state index in [1.54, 1.807) is 48.5 Å². The molecule has 1 amide bonds. The Labute approximate surface area is 139 Å². The van der Waals surface area contributed by atoms with Crippen LogP contribution in [0.25, 0.3) is 0 Å². The third-order valence-electron chi connectivity index (χ3n) is 3.22. The van der Waals surface area contributed by atoms with Crippen LogP contribution in [0.2, 0.25) is 5.02 Å². The van der Waals surface area contributed by atoms with Gasteiger partial charge >= 0.3 is 0 Å². The van der Waals surface area contributed by atoms with Crippen molar-refractivity contribution in [3.63, 3.8) is 0 Å². The predicted molar refractivity (Wildman–Crippen MR) is 89.1 cm³/mol. The highest BCUT2D eigenvalue weighted by molar-refractivity contribution is 6.31. The molecule has 5 nitrogen and oxygen atoms in total. The van der Waals surface area contributed by atoms with Crippen LogP contribution in [0.4, 0.5) is 5.69 Å². The van der Waals surface area contributed by atoms with Crippen molar-refractivity contribution in [2.24, 2.45) is 0 Å². The number of carbonyl (C=O) groups excluding carboxylic acids is 1. The SMILES string of the molecule is N#Cc1ccc(NCC(=O)NCC(O)c2ccccc2Cl)cc1. The van der Waals surface area contributed by atoms with Crippen LogP contribution in [0.15, 0.2) is 48.5 Å². The molecule has 0 fully saturated rings. The summed E-state index contributed by atoms with van der Waals surface area (Å²) in [6.45, 7) is 0.152. The summed E-state index contributed by atoms with van der Waals surface area (Å²) in [5.41, 5.74) is 1.88. The molecule has 0 spiro atoms. The largest absolute Gasteiger partial charge is 0.387 e. The Morgan fingerprint density at radius 1 is 1.22 bits per heavy atom. The number of aliphatic hydroxyl groups excluding tert-OH is 1. The Bertz CT molecular complexity index is 711. The highest BCUT2D eigenvalue weighted by Gasteiger charge is 2.12. The molecule has 0 aliphatic rings. The van der Waals surface area contributed by atoms with Gasteiger partial charge in [0.05, 0.1) is 24.3 Å². The molecule has 6 heteroatoms. The maximum atomic E-state index is 11.8. The fourth-order valence-electron chi connectivity index (χ4n) is 1.97. The summed E-state index contributed by atoms with van der Waals surface area (Å²) in [5, 5.41) is 24.8. The smallest absolute Gasteiger partial charge is 0.239 e. The molecule has 118 valence electrons. The van der Waals surface area contributed by atoms with Crippen LogP contribution in [0.3, 0.4) is 0 Å². The lowest BCUT2D eigenvalue weighted by molar-refractivity contribution is -0.119. The molecule has 0 saturated carbocycles. The summed E-state index contributed by atoms with van der Waals surface area (Å²) in [5.74, 6) is -0.250. The van der Waals surface area contributed by atoms with Gasteiger partial charge in [-0.1, -0.05) is 29.8 Å². The van der Waals surface area contributed by atoms with Gasteiger partial charge in [0, 0.05) is 22.8 Å². The second-order valence-corrected chi connectivity index (χ2v) is 5.29. The van der Waals surface area contributed by atoms with Crippen LogP contribution >= 0.6 is 11.6 Å². The number of halogens is 1. The second kappa shape index (κ2) is 8.18. The lowest BCUT2D eigenvalue weighted by Gasteiger charge is -2.14. The van der Waals surface area contributed by atoms with Gasteiger partial charge in [0.1, 0.15) is 0 Å². The molecule has 2 rings (SSSR count). The Morgan fingerprint density at radius 3 is 2.57 bits per heavy atom. The normalized spacial score (nSPS) is 11.3. The van der Waals surface area contributed by atoms with Gasteiger partial charge < -0.3 is 15.7 Å². The highest BCUT2D eigenvalue weighted by atomic mass is 35.5. The Kier molecular flexibility index (Phi) is 5.98. The van der Waals surface area contributed by atoms with Crippen molar-refractivity contribution in [3.05, 3.63) is 64.7 Å². The molecule has 3 N–H and O–H groups in total. The number of rotatable bonds is 6. The van der Waals surface area contributed by atoms with E-state index in [4.69, 9.17) is 16.9 Å². The van der Waals surface area contributed by atoms with Crippen molar-refractivity contribution >= 4 is 23.2 Å². The number of aliphatic hydroxyl groups is 1. The zero-order valence-corrected chi connectivity index (χ0v) is 13.0. The topological polar surface area (TPSA) is 85.2 Å². The quantitative estimate of drug-likeness (QED) is 0.760. The Hall–Kier alpha value is -2.55. The minimum absolute atomic E-state index is 0.0706. The van der Waals surface area contributed by atoms with Crippen molar-refractivity contribution in [1.29, 1.82) is 5.26 Å². The van der Waals surface area contributed by atoms with E-state index in [-0.39, 0.29) is 19.0 Å². The average Bonchev–Trinajstić information content (AvgIpc) is 2.58. The van der Waals surface area contributed by atoms with Gasteiger partial charge in [-0.25, -0.2) is 0 Å². The number of nitriles is 1. The summed E-state index contributed by atoms with van der Waals surface area (Å²) < 4.78 is 0. The highest BCUT2D eigenvalue weighted by Crippen LogP contribution is 2.21. The van der Waals surface area contributed by atoms with Crippen LogP contribution in [-0.4, -0.2) is 24.1 Å². The number of anilines is 1. The fraction of sp³-hybridized carbons (Fsp3) is 0.176. The Morgan fingerprint density at radius 2 is 1.91 bits per heavy atom. The van der Waals surface area contributed by atoms with Crippen molar-refractivity contribution in [3.8, 4) is 6.07 Å². The summed E-state index contributed by atoms with van der Waals surface area (Å²) in [7, 11) is 0. The molecular formula is C17H16ClN3O2. The molecule has 0 saturated heterocycles. The van der Waals surface area contributed by atoms with E-state index in [1.165, 1.54) is 0 Å². The third kappa shape index (κ3) is 4.99. The van der Waals surface area contributed by atoms with Gasteiger partial charge in [-0.3, -0.25) is 4.79 Å². The van der Waals surface area contributed by atoms with Gasteiger partial charge in [-0.15, -0.1) is 0 Å². The van der Waals surface area contributed by atoms with Crippen molar-refractivity contribution in [2.45, 2.75) is 6.10 Å². The molecule has 0 aliphatic heterocycles. The number of carbonyl (C=O) groups is 1. The number of hydrogen-bond acceptors (Lipinski definition) is 4. The van der Waals surface area contributed by atoms with Crippen molar-refractivity contribution < 1.29 is 9.90 Å². The number of amides is 1. The van der Waals surface area contributed by atoms with Gasteiger partial charge in [-0.2, -0.15) is 5.26 Å². The Balaban J connectivity index is 1.78. The zero-order valence-electron chi connectivity index (χ0n) is 12.3. The van der Waals surface area contributed by atoms with E-state index in [0.29, 0.717) is 16.1 Å². The molecule has 0 heterocycles. The van der Waals surface area contributed by atoms with E-state index in [0.717, 1.165) is 5.69 Å². The summed E-state index contributed by atoms with van der Waals surface area (Å²) in [6.07, 6.45) is -0.859. The average molecular weight is 330 g/mol. The first-order valence-electron chi connectivity index (χ1n) is 7.03. The maximum Gasteiger partial charge on any atom is 0.239 e. The first-order valence-corrected chi connectivity index (χ1v) is 7.41. The van der Waals surface area contributed by atoms with Crippen molar-refractivity contribution in [2.75, 3.05) is 18.4 Å². The third-order valence-corrected chi connectivity index (χ3v) is 3.57. The van der Waals surface area contributed by atoms with E-state index in [9.17, 15) is 9.90 Å². The van der Waals surface area contributed by atoms with Gasteiger partial charge in [0.2, 0.25) is 5.91 Å². The summed E-state index contributed by atoms with van der Waals surface area (Å²) in [4.78, 5) is 11.8. The first kappa shape index (κ1) is 16.8. The lowest BCUT2D eigenvalue weighted by atomic mass is 10.1. The number of nitrogens with one attached hydrogen (secondary N) is 2. The molecule has 0 radical (unpaired) electrons. The number of benzene rings is 2. The number of nitrogens with zero attached hydrogens (tertiary/aromatic N) is 1. The number of hydrogen-bond donors (Lipinski definition) is 3. The molecular weight excluding hydrogens is 314 g/mol. The van der Waals surface area contributed by atoms with Crippen LogP contribution < -0.4 is 10.6 Å². The fourth-order valence-corrected chi connectivity index (χ4v) is 2.23. The first-order chi connectivity index (χ1) is 11.1. The molecule has 1 atom stereocenters. The van der Waals surface area contributed by atoms with E-state index < -0.39 is 6.10 Å². The molecule has 0 aromatic heterocycles. The van der Waals surface area contributed by atoms with E-state index in [1.807, 2.05) is 6.07 Å². The standard InChI is InChI=1S/C17H16ClN3O2/c18-15-4-2-1-3-14(15)16(22)10-21-17(23)11-20-13-7-5-12(9-19)6-8-13/h1-8,16,20,22H,10-11H2,(H,21,23). The molecule has 0 bridgehead atoms. The van der Waals surface area contributed by atoms with Gasteiger partial charge in [0.25, 0.3) is 0 Å². The minimum atomic E-state index is -0.859. The van der Waals surface area contributed by atoms with Crippen LogP contribution in [-0.2, 0) is 4.79 Å². The summed E-state index contributed by atoms with van der Waals surface area (Å²) >= 11 is 5.99. The zero-order chi connectivity index (χ0) is 16.7. The van der Waals surface area contributed by atoms with E-state index >= 15 is 0 Å². The summed E-state index contributed by atoms with van der Waals surface area (Å²) in [6, 6.07) is 15.8. The monoisotopic (exact) mass is 329 g/mol. The van der Waals surface area contributed by atoms with Crippen LogP contribution in [0.1, 0.15) is 17.2 Å². The molecule has 2 aromatic rings. The molecule has 1 unspecified atom stereocenters. The molecule has 2 aromatic carbocycles. The van der Waals surface area contributed by atoms with Gasteiger partial charge in [-0.05, 0) is 30.3 Å². The molecule has 0 aliphatic carbocycles. The van der Waals surface area contributed by atoms with E-state index in [2.05, 4.69) is 10.6 Å². The maximum absolute atomic E-state index is 11.8. The molecule has 23 heavy (non-hydrogen) atoms.